The molecule has 0 spiro atoms. The van der Waals surface area contributed by atoms with Crippen LogP contribution in [0.1, 0.15) is 36.1 Å². The molecule has 100 valence electrons. The Morgan fingerprint density at radius 1 is 1.21 bits per heavy atom. The van der Waals surface area contributed by atoms with Gasteiger partial charge in [0.2, 0.25) is 11.8 Å². The number of likely N-dealkylation sites (tertiary alicyclic amines) is 1. The second-order valence-corrected chi connectivity index (χ2v) is 5.05. The molecule has 0 amide bonds. The largest absolute Gasteiger partial charge is 0.424 e. The molecule has 0 saturated carbocycles. The molecule has 2 aromatic rings. The molecule has 0 aromatic carbocycles. The van der Waals surface area contributed by atoms with Crippen LogP contribution < -0.4 is 0 Å². The van der Waals surface area contributed by atoms with E-state index in [9.17, 15) is 0 Å². The highest BCUT2D eigenvalue weighted by atomic mass is 16.4. The predicted molar refractivity (Wildman–Crippen MR) is 70.5 cm³/mol. The number of piperidine rings is 1. The Morgan fingerprint density at radius 2 is 1.95 bits per heavy atom. The summed E-state index contributed by atoms with van der Waals surface area (Å²) in [6.45, 7) is 4.75. The fraction of sp³-hybridized carbons (Fsp3) is 0.500. The van der Waals surface area contributed by atoms with Gasteiger partial charge in [0, 0.05) is 19.3 Å². The minimum Gasteiger partial charge on any atom is -0.424 e. The van der Waals surface area contributed by atoms with Gasteiger partial charge in [-0.1, -0.05) is 0 Å². The molecule has 0 N–H and O–H groups in total. The zero-order valence-corrected chi connectivity index (χ0v) is 11.1. The zero-order valence-electron chi connectivity index (χ0n) is 11.1. The molecule has 0 bridgehead atoms. The SMILES string of the molecule is Cc1nnc(CN2CCC(c3ccncc3)CC2)o1. The molecule has 1 aliphatic heterocycles. The van der Waals surface area contributed by atoms with Crippen molar-refractivity contribution in [1.82, 2.24) is 20.1 Å². The average Bonchev–Trinajstić information content (AvgIpc) is 2.86. The lowest BCUT2D eigenvalue weighted by molar-refractivity contribution is 0.187. The molecule has 1 saturated heterocycles. The van der Waals surface area contributed by atoms with Crippen molar-refractivity contribution in [2.75, 3.05) is 13.1 Å². The normalized spacial score (nSPS) is 17.7. The lowest BCUT2D eigenvalue weighted by Gasteiger charge is -2.31. The van der Waals surface area contributed by atoms with Gasteiger partial charge in [0.25, 0.3) is 0 Å². The van der Waals surface area contributed by atoms with Crippen LogP contribution in [0.3, 0.4) is 0 Å². The van der Waals surface area contributed by atoms with Gasteiger partial charge in [0.05, 0.1) is 6.54 Å². The van der Waals surface area contributed by atoms with E-state index in [0.717, 1.165) is 25.5 Å². The standard InChI is InChI=1S/C14H18N4O/c1-11-16-17-14(19-11)10-18-8-4-13(5-9-18)12-2-6-15-7-3-12/h2-3,6-7,13H,4-5,8-10H2,1H3. The van der Waals surface area contributed by atoms with E-state index < -0.39 is 0 Å². The molecule has 19 heavy (non-hydrogen) atoms. The lowest BCUT2D eigenvalue weighted by Crippen LogP contribution is -2.32. The highest BCUT2D eigenvalue weighted by Gasteiger charge is 2.21. The van der Waals surface area contributed by atoms with Gasteiger partial charge >= 0.3 is 0 Å². The van der Waals surface area contributed by atoms with Crippen molar-refractivity contribution < 1.29 is 4.42 Å². The highest BCUT2D eigenvalue weighted by molar-refractivity contribution is 5.16. The Bertz CT molecular complexity index is 517. The quantitative estimate of drug-likeness (QED) is 0.844. The number of nitrogens with zero attached hydrogens (tertiary/aromatic N) is 4. The second-order valence-electron chi connectivity index (χ2n) is 5.05. The van der Waals surface area contributed by atoms with Crippen molar-refractivity contribution in [3.63, 3.8) is 0 Å². The van der Waals surface area contributed by atoms with Crippen LogP contribution in [-0.2, 0) is 6.54 Å². The van der Waals surface area contributed by atoms with E-state index in [4.69, 9.17) is 4.42 Å². The van der Waals surface area contributed by atoms with Crippen molar-refractivity contribution in [3.05, 3.63) is 41.9 Å². The maximum absolute atomic E-state index is 5.43. The molecule has 0 aliphatic carbocycles. The molecule has 1 fully saturated rings. The van der Waals surface area contributed by atoms with Crippen molar-refractivity contribution in [1.29, 1.82) is 0 Å². The third kappa shape index (κ3) is 2.98. The van der Waals surface area contributed by atoms with Crippen LogP contribution in [0.2, 0.25) is 0 Å². The summed E-state index contributed by atoms with van der Waals surface area (Å²) in [6.07, 6.45) is 6.11. The fourth-order valence-corrected chi connectivity index (χ4v) is 2.65. The number of hydrogen-bond donors (Lipinski definition) is 0. The van der Waals surface area contributed by atoms with Gasteiger partial charge in [-0.25, -0.2) is 0 Å². The number of aryl methyl sites for hydroxylation is 1. The first kappa shape index (κ1) is 12.3. The summed E-state index contributed by atoms with van der Waals surface area (Å²) in [5.74, 6) is 2.02. The van der Waals surface area contributed by atoms with Crippen LogP contribution in [0.25, 0.3) is 0 Å². The second kappa shape index (κ2) is 5.48. The third-order valence-corrected chi connectivity index (χ3v) is 3.69. The monoisotopic (exact) mass is 258 g/mol. The minimum absolute atomic E-state index is 0.640. The summed E-state index contributed by atoms with van der Waals surface area (Å²) >= 11 is 0. The Morgan fingerprint density at radius 3 is 2.58 bits per heavy atom. The summed E-state index contributed by atoms with van der Waals surface area (Å²) in [5.41, 5.74) is 1.41. The molecule has 0 atom stereocenters. The predicted octanol–water partition coefficient (Wildman–Crippen LogP) is 2.15. The van der Waals surface area contributed by atoms with Crippen LogP contribution in [0, 0.1) is 6.92 Å². The van der Waals surface area contributed by atoms with E-state index in [1.807, 2.05) is 19.3 Å². The minimum atomic E-state index is 0.640. The topological polar surface area (TPSA) is 55.1 Å². The first-order valence-electron chi connectivity index (χ1n) is 6.72. The number of aromatic nitrogens is 3. The molecule has 5 heteroatoms. The summed E-state index contributed by atoms with van der Waals surface area (Å²) in [4.78, 5) is 6.45. The van der Waals surface area contributed by atoms with E-state index in [-0.39, 0.29) is 0 Å². The summed E-state index contributed by atoms with van der Waals surface area (Å²) in [5, 5.41) is 7.91. The van der Waals surface area contributed by atoms with Gasteiger partial charge in [0.15, 0.2) is 0 Å². The third-order valence-electron chi connectivity index (χ3n) is 3.69. The van der Waals surface area contributed by atoms with Crippen molar-refractivity contribution in [3.8, 4) is 0 Å². The highest BCUT2D eigenvalue weighted by Crippen LogP contribution is 2.27. The molecule has 1 aliphatic rings. The molecule has 5 nitrogen and oxygen atoms in total. The number of pyridine rings is 1. The van der Waals surface area contributed by atoms with E-state index in [1.54, 1.807) is 0 Å². The molecule has 0 radical (unpaired) electrons. The van der Waals surface area contributed by atoms with Crippen LogP contribution in [0.4, 0.5) is 0 Å². The van der Waals surface area contributed by atoms with Crippen molar-refractivity contribution in [2.24, 2.45) is 0 Å². The zero-order chi connectivity index (χ0) is 13.1. The van der Waals surface area contributed by atoms with Gasteiger partial charge in [-0.05, 0) is 49.5 Å². The van der Waals surface area contributed by atoms with E-state index in [2.05, 4.69) is 32.2 Å². The van der Waals surface area contributed by atoms with Crippen LogP contribution >= 0.6 is 0 Å². The first-order valence-corrected chi connectivity index (χ1v) is 6.72. The van der Waals surface area contributed by atoms with Gasteiger partial charge < -0.3 is 4.42 Å². The maximum Gasteiger partial charge on any atom is 0.230 e. The molecular formula is C14H18N4O. The Labute approximate surface area is 112 Å². The Kier molecular flexibility index (Phi) is 3.55. The molecule has 3 rings (SSSR count). The van der Waals surface area contributed by atoms with Gasteiger partial charge in [-0.2, -0.15) is 0 Å². The number of hydrogen-bond acceptors (Lipinski definition) is 5. The Balaban J connectivity index is 1.55. The Hall–Kier alpha value is -1.75. The van der Waals surface area contributed by atoms with Crippen molar-refractivity contribution in [2.45, 2.75) is 32.2 Å². The van der Waals surface area contributed by atoms with Gasteiger partial charge in [-0.3, -0.25) is 9.88 Å². The van der Waals surface area contributed by atoms with Crippen molar-refractivity contribution >= 4 is 0 Å². The van der Waals surface area contributed by atoms with Crippen LogP contribution in [-0.4, -0.2) is 33.2 Å². The smallest absolute Gasteiger partial charge is 0.230 e. The molecule has 2 aromatic heterocycles. The van der Waals surface area contributed by atoms with E-state index in [1.165, 1.54) is 18.4 Å². The maximum atomic E-state index is 5.43. The average molecular weight is 258 g/mol. The number of rotatable bonds is 3. The van der Waals surface area contributed by atoms with Gasteiger partial charge in [-0.15, -0.1) is 10.2 Å². The van der Waals surface area contributed by atoms with Crippen LogP contribution in [0.5, 0.6) is 0 Å². The van der Waals surface area contributed by atoms with E-state index >= 15 is 0 Å². The summed E-state index contributed by atoms with van der Waals surface area (Å²) < 4.78 is 5.43. The first-order chi connectivity index (χ1) is 9.31. The summed E-state index contributed by atoms with van der Waals surface area (Å²) in [6, 6.07) is 4.25. The van der Waals surface area contributed by atoms with Gasteiger partial charge in [0.1, 0.15) is 0 Å². The molecule has 0 unspecified atom stereocenters. The van der Waals surface area contributed by atoms with Crippen LogP contribution in [0.15, 0.2) is 28.9 Å². The fourth-order valence-electron chi connectivity index (χ4n) is 2.65. The van der Waals surface area contributed by atoms with E-state index in [0.29, 0.717) is 11.8 Å². The molecule has 3 heterocycles. The summed E-state index contributed by atoms with van der Waals surface area (Å²) in [7, 11) is 0. The molecular weight excluding hydrogens is 240 g/mol. The lowest BCUT2D eigenvalue weighted by atomic mass is 9.90.